The first-order valence-corrected chi connectivity index (χ1v) is 20.0. The fourth-order valence-electron chi connectivity index (χ4n) is 10.0. The number of rotatable bonds is 5. The third-order valence-corrected chi connectivity index (χ3v) is 13.3. The Morgan fingerprint density at radius 2 is 0.964 bits per heavy atom. The molecule has 0 saturated carbocycles. The Hall–Kier alpha value is -5.66. The van der Waals surface area contributed by atoms with Gasteiger partial charge in [0.1, 0.15) is 0 Å². The van der Waals surface area contributed by atoms with Gasteiger partial charge in [-0.05, 0) is 161 Å². The lowest BCUT2D eigenvalue weighted by Gasteiger charge is -2.30. The molecule has 0 unspecified atom stereocenters. The van der Waals surface area contributed by atoms with Crippen LogP contribution in [0.15, 0.2) is 140 Å². The molecule has 55 heavy (non-hydrogen) atoms. The van der Waals surface area contributed by atoms with Crippen molar-refractivity contribution in [2.75, 3.05) is 5.32 Å². The second-order valence-corrected chi connectivity index (χ2v) is 18.1. The molecule has 0 spiro atoms. The van der Waals surface area contributed by atoms with Crippen molar-refractivity contribution in [2.45, 2.75) is 77.7 Å². The van der Waals surface area contributed by atoms with Crippen LogP contribution in [0.2, 0.25) is 0 Å². The lowest BCUT2D eigenvalue weighted by molar-refractivity contribution is 0.607. The van der Waals surface area contributed by atoms with E-state index in [1.807, 2.05) is 0 Å². The zero-order valence-electron chi connectivity index (χ0n) is 33.4. The number of benzene rings is 8. The summed E-state index contributed by atoms with van der Waals surface area (Å²) < 4.78 is 0. The molecule has 8 aromatic carbocycles. The lowest BCUT2D eigenvalue weighted by Crippen LogP contribution is -2.28. The van der Waals surface area contributed by atoms with E-state index < -0.39 is 0 Å². The first-order valence-electron chi connectivity index (χ1n) is 20.0. The predicted molar refractivity (Wildman–Crippen MR) is 237 cm³/mol. The standard InChI is InChI=1S/C54H49N/c1-32(2)33-18-21-36(22-19-33)54(7,8)55-37-23-25-41-46-30-51-47(31-50(46)52(3,4)48(41)27-37)45-28-43-42-26-35(34-14-10-9-11-15-34)20-24-40(42)38-16-12-13-17-39(38)44(43)29-49(45)53(51,5)6/h9-32,55H,1-8H3. The molecule has 0 heterocycles. The molecular formula is C54H49N. The Morgan fingerprint density at radius 1 is 0.436 bits per heavy atom. The van der Waals surface area contributed by atoms with E-state index in [1.54, 1.807) is 0 Å². The van der Waals surface area contributed by atoms with Crippen molar-refractivity contribution in [3.8, 4) is 33.4 Å². The highest BCUT2D eigenvalue weighted by atomic mass is 15.0. The van der Waals surface area contributed by atoms with E-state index in [-0.39, 0.29) is 16.4 Å². The Labute approximate surface area is 326 Å². The molecule has 0 atom stereocenters. The number of nitrogens with one attached hydrogen (secondary N) is 1. The molecule has 1 N–H and O–H groups in total. The van der Waals surface area contributed by atoms with Crippen molar-refractivity contribution in [1.29, 1.82) is 0 Å². The van der Waals surface area contributed by atoms with E-state index in [0.29, 0.717) is 5.92 Å². The smallest absolute Gasteiger partial charge is 0.0569 e. The quantitative estimate of drug-likeness (QED) is 0.175. The molecule has 2 aliphatic rings. The zero-order valence-corrected chi connectivity index (χ0v) is 33.4. The van der Waals surface area contributed by atoms with Gasteiger partial charge in [0.05, 0.1) is 5.54 Å². The Kier molecular flexibility index (Phi) is 7.19. The first kappa shape index (κ1) is 33.9. The SMILES string of the molecule is CC(C)c1ccc(C(C)(C)Nc2ccc3c(c2)C(C)(C)c2cc4c(cc2-3)C(C)(C)c2cc3c5ccccc5c5ccc(-c6ccccc6)cc5c3cc2-4)cc1. The van der Waals surface area contributed by atoms with E-state index in [9.17, 15) is 0 Å². The van der Waals surface area contributed by atoms with Crippen LogP contribution in [0.4, 0.5) is 5.69 Å². The average Bonchev–Trinajstić information content (AvgIpc) is 3.54. The van der Waals surface area contributed by atoms with Gasteiger partial charge in [-0.15, -0.1) is 0 Å². The summed E-state index contributed by atoms with van der Waals surface area (Å²) >= 11 is 0. The summed E-state index contributed by atoms with van der Waals surface area (Å²) in [6.07, 6.45) is 0. The van der Waals surface area contributed by atoms with E-state index in [2.05, 4.69) is 200 Å². The van der Waals surface area contributed by atoms with Gasteiger partial charge >= 0.3 is 0 Å². The Morgan fingerprint density at radius 3 is 1.64 bits per heavy atom. The topological polar surface area (TPSA) is 12.0 Å². The van der Waals surface area contributed by atoms with Gasteiger partial charge < -0.3 is 5.32 Å². The number of anilines is 1. The molecule has 1 nitrogen and oxygen atoms in total. The molecule has 10 rings (SSSR count). The minimum atomic E-state index is -0.214. The fraction of sp³-hybridized carbons (Fsp3) is 0.222. The van der Waals surface area contributed by atoms with Gasteiger partial charge in [0.25, 0.3) is 0 Å². The van der Waals surface area contributed by atoms with E-state index in [0.717, 1.165) is 5.69 Å². The second kappa shape index (κ2) is 11.7. The van der Waals surface area contributed by atoms with Gasteiger partial charge in [0.2, 0.25) is 0 Å². The third kappa shape index (κ3) is 4.98. The number of hydrogen-bond acceptors (Lipinski definition) is 1. The van der Waals surface area contributed by atoms with E-state index in [4.69, 9.17) is 0 Å². The zero-order chi connectivity index (χ0) is 38.0. The fourth-order valence-corrected chi connectivity index (χ4v) is 10.0. The second-order valence-electron chi connectivity index (χ2n) is 18.1. The Bertz CT molecular complexity index is 2870. The van der Waals surface area contributed by atoms with Crippen LogP contribution in [-0.4, -0.2) is 0 Å². The van der Waals surface area contributed by atoms with Gasteiger partial charge in [-0.25, -0.2) is 0 Å². The molecule has 8 aromatic rings. The molecule has 0 fully saturated rings. The summed E-state index contributed by atoms with van der Waals surface area (Å²) in [6.45, 7) is 18.8. The van der Waals surface area contributed by atoms with Crippen LogP contribution in [0.3, 0.4) is 0 Å². The van der Waals surface area contributed by atoms with Crippen LogP contribution in [0, 0.1) is 0 Å². The highest BCUT2D eigenvalue weighted by Crippen LogP contribution is 2.57. The molecule has 0 radical (unpaired) electrons. The van der Waals surface area contributed by atoms with Gasteiger partial charge in [0, 0.05) is 16.5 Å². The van der Waals surface area contributed by atoms with Crippen LogP contribution < -0.4 is 5.32 Å². The third-order valence-electron chi connectivity index (χ3n) is 13.3. The van der Waals surface area contributed by atoms with Crippen molar-refractivity contribution < 1.29 is 0 Å². The highest BCUT2D eigenvalue weighted by Gasteiger charge is 2.42. The first-order chi connectivity index (χ1) is 26.3. The maximum absolute atomic E-state index is 3.91. The predicted octanol–water partition coefficient (Wildman–Crippen LogP) is 14.9. The minimum absolute atomic E-state index is 0.140. The largest absolute Gasteiger partial charge is 0.376 e. The van der Waals surface area contributed by atoms with Crippen molar-refractivity contribution in [3.05, 3.63) is 173 Å². The van der Waals surface area contributed by atoms with Crippen molar-refractivity contribution in [2.24, 2.45) is 0 Å². The lowest BCUT2D eigenvalue weighted by atomic mass is 9.79. The van der Waals surface area contributed by atoms with Gasteiger partial charge in [-0.2, -0.15) is 0 Å². The molecule has 270 valence electrons. The van der Waals surface area contributed by atoms with Crippen molar-refractivity contribution in [1.82, 2.24) is 0 Å². The van der Waals surface area contributed by atoms with E-state index in [1.165, 1.54) is 99.1 Å². The summed E-state index contributed by atoms with van der Waals surface area (Å²) in [6, 6.07) is 53.1. The normalized spacial score (nSPS) is 15.0. The van der Waals surface area contributed by atoms with Crippen molar-refractivity contribution >= 4 is 38.0 Å². The molecule has 0 aliphatic heterocycles. The van der Waals surface area contributed by atoms with Crippen LogP contribution in [0.1, 0.15) is 94.7 Å². The maximum Gasteiger partial charge on any atom is 0.0569 e. The van der Waals surface area contributed by atoms with Crippen LogP contribution in [0.25, 0.3) is 65.7 Å². The minimum Gasteiger partial charge on any atom is -0.376 e. The average molecular weight is 712 g/mol. The van der Waals surface area contributed by atoms with Gasteiger partial charge in [-0.1, -0.05) is 139 Å². The van der Waals surface area contributed by atoms with E-state index >= 15 is 0 Å². The molecule has 0 bridgehead atoms. The molecule has 2 aliphatic carbocycles. The van der Waals surface area contributed by atoms with Crippen LogP contribution in [0.5, 0.6) is 0 Å². The van der Waals surface area contributed by atoms with Crippen LogP contribution >= 0.6 is 0 Å². The molecule has 0 amide bonds. The van der Waals surface area contributed by atoms with Gasteiger partial charge in [-0.3, -0.25) is 0 Å². The monoisotopic (exact) mass is 711 g/mol. The summed E-state index contributed by atoms with van der Waals surface area (Å²) in [4.78, 5) is 0. The molecule has 0 aromatic heterocycles. The molecule has 1 heteroatoms. The number of fused-ring (bicyclic) bond motifs is 12. The van der Waals surface area contributed by atoms with Crippen LogP contribution in [-0.2, 0) is 16.4 Å². The summed E-state index contributed by atoms with van der Waals surface area (Å²) in [7, 11) is 0. The summed E-state index contributed by atoms with van der Waals surface area (Å²) in [5.74, 6) is 0.527. The van der Waals surface area contributed by atoms with Crippen molar-refractivity contribution in [3.63, 3.8) is 0 Å². The number of hydrogen-bond donors (Lipinski definition) is 1. The maximum atomic E-state index is 3.91. The molecule has 0 saturated heterocycles. The summed E-state index contributed by atoms with van der Waals surface area (Å²) in [5.41, 5.74) is 17.0. The Balaban J connectivity index is 1.11. The van der Waals surface area contributed by atoms with Gasteiger partial charge in [0.15, 0.2) is 0 Å². The highest BCUT2D eigenvalue weighted by molar-refractivity contribution is 6.26. The summed E-state index contributed by atoms with van der Waals surface area (Å²) in [5, 5.41) is 11.8. The molecular weight excluding hydrogens is 663 g/mol.